The number of aromatic nitrogens is 2. The molecule has 70 heavy (non-hydrogen) atoms. The Morgan fingerprint density at radius 1 is 0.371 bits per heavy atom. The molecule has 0 aliphatic heterocycles. The van der Waals surface area contributed by atoms with Crippen molar-refractivity contribution in [2.75, 3.05) is 0 Å². The van der Waals surface area contributed by atoms with Gasteiger partial charge in [-0.25, -0.2) is 0 Å². The molecule has 0 radical (unpaired) electrons. The van der Waals surface area contributed by atoms with Crippen molar-refractivity contribution in [1.29, 1.82) is 5.26 Å². The third-order valence-electron chi connectivity index (χ3n) is 18.0. The zero-order valence-electron chi connectivity index (χ0n) is 38.8. The molecule has 0 fully saturated rings. The molecule has 6 aliphatic rings. The minimum Gasteiger partial charge on any atom is -0.308 e. The van der Waals surface area contributed by atoms with E-state index in [9.17, 15) is 5.26 Å². The maximum absolute atomic E-state index is 11.3. The standard InChI is InChI=1S/C67H41N3/c1-67(2,3)35-28-49-47-31-52-46(30-53(47)70-54-27-34(32-68)55-57-41-20-10-12-22-43(41)59(44-23-13-11-21-42(44)57)64(55)60(54)50(29-35)65(49)70)48-26-33-14-4-5-15-36(33)62-63-51(69(52)66(48)62)25-24-45-56-37-16-6-8-18-39(37)58(61(45)63)40-19-9-7-17-38(40)56/h4-31,56-59H,1-3H3. The van der Waals surface area contributed by atoms with Crippen molar-refractivity contribution in [2.45, 2.75) is 49.9 Å². The van der Waals surface area contributed by atoms with Crippen LogP contribution in [0.25, 0.3) is 87.0 Å². The van der Waals surface area contributed by atoms with Crippen molar-refractivity contribution in [1.82, 2.24) is 8.80 Å². The van der Waals surface area contributed by atoms with Crippen LogP contribution in [-0.4, -0.2) is 8.80 Å². The van der Waals surface area contributed by atoms with Crippen molar-refractivity contribution in [3.8, 4) is 6.07 Å². The SMILES string of the molecule is CC(C)(C)c1cc2c3cc4c(cc3n3c5cc(C#N)c6c(c5c(c1)c23)C1c2ccccc2C6c2ccccc21)c1cc2ccccc2c2c3c5c(ccc3n4c12)C1c2ccccc2C5c2ccccc21. The van der Waals surface area contributed by atoms with Crippen LogP contribution in [0.2, 0.25) is 0 Å². The highest BCUT2D eigenvalue weighted by atomic mass is 14.9. The Labute approximate surface area is 402 Å². The third-order valence-corrected chi connectivity index (χ3v) is 18.0. The van der Waals surface area contributed by atoms with Gasteiger partial charge in [-0.2, -0.15) is 5.26 Å². The monoisotopic (exact) mass is 887 g/mol. The van der Waals surface area contributed by atoms with Gasteiger partial charge in [-0.3, -0.25) is 0 Å². The van der Waals surface area contributed by atoms with E-state index in [0.29, 0.717) is 0 Å². The summed E-state index contributed by atoms with van der Waals surface area (Å²) < 4.78 is 5.18. The number of hydrogen-bond donors (Lipinski definition) is 0. The lowest BCUT2D eigenvalue weighted by Gasteiger charge is -2.43. The molecule has 0 saturated carbocycles. The maximum atomic E-state index is 11.3. The van der Waals surface area contributed by atoms with Gasteiger partial charge in [0.15, 0.2) is 0 Å². The molecular formula is C67H41N3. The summed E-state index contributed by atoms with van der Waals surface area (Å²) in [5.74, 6) is 0.414. The molecule has 14 aromatic rings. The molecule has 0 amide bonds. The van der Waals surface area contributed by atoms with Crippen molar-refractivity contribution >= 4 is 87.0 Å². The van der Waals surface area contributed by atoms with Crippen LogP contribution in [0, 0.1) is 11.3 Å². The van der Waals surface area contributed by atoms with Crippen molar-refractivity contribution < 1.29 is 0 Å². The number of benzene rings is 10. The zero-order chi connectivity index (χ0) is 45.8. The lowest BCUT2D eigenvalue weighted by atomic mass is 9.59. The van der Waals surface area contributed by atoms with E-state index >= 15 is 0 Å². The number of hydrogen-bond acceptors (Lipinski definition) is 1. The van der Waals surface area contributed by atoms with E-state index in [0.717, 1.165) is 11.1 Å². The lowest BCUT2D eigenvalue weighted by Crippen LogP contribution is -2.28. The second-order valence-corrected chi connectivity index (χ2v) is 22.1. The highest BCUT2D eigenvalue weighted by molar-refractivity contribution is 6.34. The Hall–Kier alpha value is -8.45. The molecule has 0 unspecified atom stereocenters. The average molecular weight is 888 g/mol. The molecule has 3 nitrogen and oxygen atoms in total. The quantitative estimate of drug-likeness (QED) is 0.149. The first-order valence-electron chi connectivity index (χ1n) is 25.0. The Kier molecular flexibility index (Phi) is 6.20. The molecule has 10 aromatic carbocycles. The highest BCUT2D eigenvalue weighted by Gasteiger charge is 2.46. The first-order chi connectivity index (χ1) is 34.4. The number of nitriles is 1. The van der Waals surface area contributed by atoms with Crippen LogP contribution in [0.3, 0.4) is 0 Å². The van der Waals surface area contributed by atoms with Gasteiger partial charge in [0, 0.05) is 66.8 Å². The van der Waals surface area contributed by atoms with E-state index in [1.807, 2.05) is 0 Å². The Balaban J connectivity index is 1.01. The molecule has 4 heterocycles. The first-order valence-corrected chi connectivity index (χ1v) is 25.0. The summed E-state index contributed by atoms with van der Waals surface area (Å²) in [7, 11) is 0. The summed E-state index contributed by atoms with van der Waals surface area (Å²) >= 11 is 0. The molecule has 4 bridgehead atoms. The molecule has 324 valence electrons. The van der Waals surface area contributed by atoms with Crippen LogP contribution in [0.1, 0.15) is 122 Å². The third kappa shape index (κ3) is 3.94. The van der Waals surface area contributed by atoms with Crippen LogP contribution in [0.4, 0.5) is 0 Å². The van der Waals surface area contributed by atoms with Crippen LogP contribution >= 0.6 is 0 Å². The molecule has 0 spiro atoms. The number of rotatable bonds is 0. The average Bonchev–Trinajstić information content (AvgIpc) is 4.12. The fourth-order valence-corrected chi connectivity index (χ4v) is 15.4. The summed E-state index contributed by atoms with van der Waals surface area (Å²) in [6.45, 7) is 7.05. The molecule has 0 saturated heterocycles. The Morgan fingerprint density at radius 3 is 1.46 bits per heavy atom. The van der Waals surface area contributed by atoms with Gasteiger partial charge in [-0.1, -0.05) is 148 Å². The van der Waals surface area contributed by atoms with E-state index in [1.165, 1.54) is 154 Å². The van der Waals surface area contributed by atoms with Crippen LogP contribution < -0.4 is 0 Å². The van der Waals surface area contributed by atoms with Gasteiger partial charge < -0.3 is 8.80 Å². The Morgan fingerprint density at radius 2 is 0.871 bits per heavy atom. The summed E-state index contributed by atoms with van der Waals surface area (Å²) in [6.07, 6.45) is 0. The Bertz CT molecular complexity index is 4750. The fraction of sp³-hybridized carbons (Fsp3) is 0.119. The smallest absolute Gasteiger partial charge is 0.0995 e. The predicted octanol–water partition coefficient (Wildman–Crippen LogP) is 16.3. The van der Waals surface area contributed by atoms with Crippen molar-refractivity contribution in [3.05, 3.63) is 248 Å². The van der Waals surface area contributed by atoms with E-state index in [-0.39, 0.29) is 29.1 Å². The number of nitrogens with zero attached hydrogens (tertiary/aromatic N) is 3. The number of fused-ring (bicyclic) bond motifs is 14. The van der Waals surface area contributed by atoms with Gasteiger partial charge in [-0.05, 0) is 131 Å². The van der Waals surface area contributed by atoms with Gasteiger partial charge in [0.25, 0.3) is 0 Å². The largest absolute Gasteiger partial charge is 0.308 e. The highest BCUT2D eigenvalue weighted by Crippen LogP contribution is 2.62. The van der Waals surface area contributed by atoms with E-state index < -0.39 is 0 Å². The van der Waals surface area contributed by atoms with Crippen molar-refractivity contribution in [3.63, 3.8) is 0 Å². The second kappa shape index (κ2) is 11.9. The van der Waals surface area contributed by atoms with Crippen LogP contribution in [-0.2, 0) is 5.41 Å². The molecule has 0 N–H and O–H groups in total. The van der Waals surface area contributed by atoms with Crippen LogP contribution in [0.5, 0.6) is 0 Å². The maximum Gasteiger partial charge on any atom is 0.0995 e. The van der Waals surface area contributed by atoms with Gasteiger partial charge in [0.2, 0.25) is 0 Å². The molecular weight excluding hydrogens is 847 g/mol. The van der Waals surface area contributed by atoms with Crippen LogP contribution in [0.15, 0.2) is 170 Å². The van der Waals surface area contributed by atoms with Crippen molar-refractivity contribution in [2.24, 2.45) is 0 Å². The van der Waals surface area contributed by atoms with Gasteiger partial charge >= 0.3 is 0 Å². The fourth-order valence-electron chi connectivity index (χ4n) is 15.4. The second-order valence-electron chi connectivity index (χ2n) is 22.1. The predicted molar refractivity (Wildman–Crippen MR) is 286 cm³/mol. The lowest BCUT2D eigenvalue weighted by molar-refractivity contribution is 0.592. The van der Waals surface area contributed by atoms with E-state index in [4.69, 9.17) is 0 Å². The van der Waals surface area contributed by atoms with E-state index in [2.05, 4.69) is 206 Å². The molecule has 20 rings (SSSR count). The first kappa shape index (κ1) is 36.6. The van der Waals surface area contributed by atoms with Gasteiger partial charge in [0.1, 0.15) is 0 Å². The molecule has 0 atom stereocenters. The molecule has 4 aromatic heterocycles. The summed E-state index contributed by atoms with van der Waals surface area (Å²) in [5.41, 5.74) is 26.1. The minimum atomic E-state index is -0.0989. The summed E-state index contributed by atoms with van der Waals surface area (Å²) in [6, 6.07) is 68.0. The van der Waals surface area contributed by atoms with Gasteiger partial charge in [0.05, 0.1) is 44.7 Å². The molecule has 3 heteroatoms. The minimum absolute atomic E-state index is 0.0128. The molecule has 6 aliphatic carbocycles. The summed E-state index contributed by atoms with van der Waals surface area (Å²) in [5, 5.41) is 24.3. The normalized spacial score (nSPS) is 18.5. The summed E-state index contributed by atoms with van der Waals surface area (Å²) in [4.78, 5) is 0. The van der Waals surface area contributed by atoms with Gasteiger partial charge in [-0.15, -0.1) is 0 Å². The topological polar surface area (TPSA) is 32.6 Å². The van der Waals surface area contributed by atoms with E-state index in [1.54, 1.807) is 0 Å². The zero-order valence-corrected chi connectivity index (χ0v) is 38.8.